The topological polar surface area (TPSA) is 78.9 Å². The third-order valence-electron chi connectivity index (χ3n) is 2.81. The van der Waals surface area contributed by atoms with Gasteiger partial charge >= 0.3 is 0 Å². The van der Waals surface area contributed by atoms with Gasteiger partial charge in [-0.25, -0.2) is 9.97 Å². The fourth-order valence-corrected chi connectivity index (χ4v) is 1.86. The highest BCUT2D eigenvalue weighted by Crippen LogP contribution is 2.24. The fraction of sp³-hybridized carbons (Fsp3) is 0.0714. The van der Waals surface area contributed by atoms with Gasteiger partial charge < -0.3 is 10.5 Å². The van der Waals surface area contributed by atoms with Gasteiger partial charge in [0.2, 0.25) is 5.88 Å². The Labute approximate surface area is 115 Å². The number of benzene rings is 1. The van der Waals surface area contributed by atoms with Crippen LogP contribution in [0.25, 0.3) is 11.4 Å². The van der Waals surface area contributed by atoms with Crippen molar-refractivity contribution in [3.05, 3.63) is 48.9 Å². The summed E-state index contributed by atoms with van der Waals surface area (Å²) in [5.74, 6) is 1.10. The van der Waals surface area contributed by atoms with Gasteiger partial charge in [0.25, 0.3) is 0 Å². The van der Waals surface area contributed by atoms with Crippen molar-refractivity contribution >= 4 is 5.69 Å². The second-order valence-corrected chi connectivity index (χ2v) is 4.26. The molecular formula is C14H13N5O. The molecule has 0 aliphatic rings. The summed E-state index contributed by atoms with van der Waals surface area (Å²) < 4.78 is 7.42. The number of nitrogen functional groups attached to an aromatic ring is 1. The molecule has 0 fully saturated rings. The maximum absolute atomic E-state index is 5.71. The van der Waals surface area contributed by atoms with E-state index in [4.69, 9.17) is 10.5 Å². The predicted octanol–water partition coefficient (Wildman–Crippen LogP) is 2.25. The third-order valence-corrected chi connectivity index (χ3v) is 2.81. The lowest BCUT2D eigenvalue weighted by Crippen LogP contribution is -1.97. The number of ether oxygens (including phenoxy) is 1. The summed E-state index contributed by atoms with van der Waals surface area (Å²) in [6, 6.07) is 10.8. The minimum atomic E-state index is 0.460. The Bertz CT molecular complexity index is 738. The fourth-order valence-electron chi connectivity index (χ4n) is 1.86. The highest BCUT2D eigenvalue weighted by Gasteiger charge is 2.07. The van der Waals surface area contributed by atoms with E-state index < -0.39 is 0 Å². The Morgan fingerprint density at radius 3 is 2.80 bits per heavy atom. The van der Waals surface area contributed by atoms with Crippen LogP contribution in [0.4, 0.5) is 5.69 Å². The van der Waals surface area contributed by atoms with Gasteiger partial charge in [-0.05, 0) is 18.2 Å². The zero-order chi connectivity index (χ0) is 13.9. The average Bonchev–Trinajstić information content (AvgIpc) is 2.85. The minimum Gasteiger partial charge on any atom is -0.439 e. The molecule has 6 heteroatoms. The second kappa shape index (κ2) is 5.00. The van der Waals surface area contributed by atoms with Crippen LogP contribution in [0, 0.1) is 0 Å². The van der Waals surface area contributed by atoms with Crippen LogP contribution in [0.5, 0.6) is 11.6 Å². The van der Waals surface area contributed by atoms with E-state index in [1.807, 2.05) is 25.2 Å². The normalized spacial score (nSPS) is 10.4. The minimum absolute atomic E-state index is 0.460. The summed E-state index contributed by atoms with van der Waals surface area (Å²) in [5, 5.41) is 4.12. The van der Waals surface area contributed by atoms with Crippen LogP contribution in [0.2, 0.25) is 0 Å². The molecule has 0 amide bonds. The molecule has 0 atom stereocenters. The van der Waals surface area contributed by atoms with Crippen molar-refractivity contribution in [3.63, 3.8) is 0 Å². The number of hydrogen-bond donors (Lipinski definition) is 1. The molecule has 0 saturated heterocycles. The summed E-state index contributed by atoms with van der Waals surface area (Å²) in [5.41, 5.74) is 8.00. The third kappa shape index (κ3) is 2.44. The summed E-state index contributed by atoms with van der Waals surface area (Å²) >= 11 is 0. The van der Waals surface area contributed by atoms with Crippen LogP contribution in [-0.2, 0) is 7.05 Å². The first-order valence-electron chi connectivity index (χ1n) is 6.06. The van der Waals surface area contributed by atoms with Crippen molar-refractivity contribution in [1.29, 1.82) is 0 Å². The maximum Gasteiger partial charge on any atom is 0.222 e. The van der Waals surface area contributed by atoms with Crippen LogP contribution in [0.15, 0.2) is 48.9 Å². The molecule has 6 nitrogen and oxygen atoms in total. The molecule has 20 heavy (non-hydrogen) atoms. The Morgan fingerprint density at radius 1 is 1.15 bits per heavy atom. The van der Waals surface area contributed by atoms with Gasteiger partial charge in [-0.3, -0.25) is 4.68 Å². The van der Waals surface area contributed by atoms with Crippen LogP contribution >= 0.6 is 0 Å². The number of nitrogens with zero attached hydrogens (tertiary/aromatic N) is 4. The highest BCUT2D eigenvalue weighted by molar-refractivity contribution is 5.55. The number of nitrogens with two attached hydrogens (primary N) is 1. The van der Waals surface area contributed by atoms with Crippen LogP contribution in [-0.4, -0.2) is 19.7 Å². The number of anilines is 1. The van der Waals surface area contributed by atoms with E-state index in [0.29, 0.717) is 17.3 Å². The lowest BCUT2D eigenvalue weighted by molar-refractivity contribution is 0.462. The van der Waals surface area contributed by atoms with Gasteiger partial charge in [-0.15, -0.1) is 0 Å². The largest absolute Gasteiger partial charge is 0.439 e. The predicted molar refractivity (Wildman–Crippen MR) is 75.2 cm³/mol. The molecule has 2 heterocycles. The van der Waals surface area contributed by atoms with E-state index in [0.717, 1.165) is 11.4 Å². The standard InChI is InChI=1S/C14H13N5O/c1-19-13(5-6-18-19)12-8-14(17-9-16-12)20-11-4-2-3-10(15)7-11/h2-9H,15H2,1H3. The van der Waals surface area contributed by atoms with Crippen molar-refractivity contribution in [1.82, 2.24) is 19.7 Å². The molecule has 3 rings (SSSR count). The molecule has 0 radical (unpaired) electrons. The van der Waals surface area contributed by atoms with Gasteiger partial charge in [0.1, 0.15) is 12.1 Å². The van der Waals surface area contributed by atoms with Gasteiger partial charge in [-0.2, -0.15) is 5.10 Å². The first-order valence-corrected chi connectivity index (χ1v) is 6.06. The van der Waals surface area contributed by atoms with E-state index in [9.17, 15) is 0 Å². The molecule has 0 spiro atoms. The van der Waals surface area contributed by atoms with E-state index in [2.05, 4.69) is 15.1 Å². The second-order valence-electron chi connectivity index (χ2n) is 4.26. The Kier molecular flexibility index (Phi) is 3.04. The van der Waals surface area contributed by atoms with Gasteiger partial charge in [0.15, 0.2) is 0 Å². The molecule has 3 aromatic rings. The smallest absolute Gasteiger partial charge is 0.222 e. The van der Waals surface area contributed by atoms with Gasteiger partial charge in [-0.1, -0.05) is 6.07 Å². The van der Waals surface area contributed by atoms with Gasteiger partial charge in [0, 0.05) is 31.1 Å². The Morgan fingerprint density at radius 2 is 2.05 bits per heavy atom. The highest BCUT2D eigenvalue weighted by atomic mass is 16.5. The summed E-state index contributed by atoms with van der Waals surface area (Å²) in [4.78, 5) is 8.33. The molecule has 2 aromatic heterocycles. The van der Waals surface area contributed by atoms with Crippen LogP contribution < -0.4 is 10.5 Å². The summed E-state index contributed by atoms with van der Waals surface area (Å²) in [6.07, 6.45) is 3.18. The quantitative estimate of drug-likeness (QED) is 0.736. The molecule has 0 aliphatic heterocycles. The lowest BCUT2D eigenvalue weighted by Gasteiger charge is -2.06. The molecule has 0 unspecified atom stereocenters. The zero-order valence-corrected chi connectivity index (χ0v) is 10.9. The number of rotatable bonds is 3. The van der Waals surface area contributed by atoms with Crippen molar-refractivity contribution in [2.45, 2.75) is 0 Å². The molecule has 100 valence electrons. The molecule has 0 saturated carbocycles. The van der Waals surface area contributed by atoms with Crippen molar-refractivity contribution in [2.24, 2.45) is 7.05 Å². The zero-order valence-electron chi connectivity index (χ0n) is 10.9. The van der Waals surface area contributed by atoms with Gasteiger partial charge in [0.05, 0.1) is 11.4 Å². The van der Waals surface area contributed by atoms with E-state index in [-0.39, 0.29) is 0 Å². The first kappa shape index (κ1) is 12.2. The van der Waals surface area contributed by atoms with Crippen molar-refractivity contribution in [2.75, 3.05) is 5.73 Å². The molecule has 1 aromatic carbocycles. The van der Waals surface area contributed by atoms with E-state index >= 15 is 0 Å². The number of aromatic nitrogens is 4. The monoisotopic (exact) mass is 267 g/mol. The molecular weight excluding hydrogens is 254 g/mol. The Hall–Kier alpha value is -2.89. The lowest BCUT2D eigenvalue weighted by atomic mass is 10.3. The first-order chi connectivity index (χ1) is 9.72. The summed E-state index contributed by atoms with van der Waals surface area (Å²) in [6.45, 7) is 0. The van der Waals surface area contributed by atoms with E-state index in [1.54, 1.807) is 29.1 Å². The SMILES string of the molecule is Cn1nccc1-c1cc(Oc2cccc(N)c2)ncn1. The van der Waals surface area contributed by atoms with Crippen molar-refractivity contribution < 1.29 is 4.74 Å². The molecule has 2 N–H and O–H groups in total. The van der Waals surface area contributed by atoms with Crippen LogP contribution in [0.1, 0.15) is 0 Å². The average molecular weight is 267 g/mol. The van der Waals surface area contributed by atoms with Crippen molar-refractivity contribution in [3.8, 4) is 23.0 Å². The number of hydrogen-bond acceptors (Lipinski definition) is 5. The number of aryl methyl sites for hydroxylation is 1. The van der Waals surface area contributed by atoms with E-state index in [1.165, 1.54) is 6.33 Å². The summed E-state index contributed by atoms with van der Waals surface area (Å²) in [7, 11) is 1.86. The molecule has 0 aliphatic carbocycles. The Balaban J connectivity index is 1.90. The maximum atomic E-state index is 5.71. The molecule has 0 bridgehead atoms. The van der Waals surface area contributed by atoms with Crippen LogP contribution in [0.3, 0.4) is 0 Å².